The summed E-state index contributed by atoms with van der Waals surface area (Å²) in [6, 6.07) is 4.03. The number of rotatable bonds is 8. The molecule has 38 heavy (non-hydrogen) atoms. The van der Waals surface area contributed by atoms with Crippen molar-refractivity contribution in [1.82, 2.24) is 10.1 Å². The predicted molar refractivity (Wildman–Crippen MR) is 145 cm³/mol. The van der Waals surface area contributed by atoms with Gasteiger partial charge in [0.15, 0.2) is 5.13 Å². The van der Waals surface area contributed by atoms with E-state index in [2.05, 4.69) is 10.1 Å². The highest BCUT2D eigenvalue weighted by atomic mass is 32.1. The van der Waals surface area contributed by atoms with Crippen LogP contribution in [0.25, 0.3) is 10.2 Å². The standard InChI is InChI=1S/C29H35N3O5S/c1-35-23-11-18(28(33)34)12-24-26(23)30-29(38-24)32-19-9-10-20(32)14-21(13-19)36-15-22-25(16-5-3-2-4-6-16)31-37-27(22)17-7-8-17/h11-12,16-17,19-21H,2-10,13-15H2,1H3,(H,33,34). The van der Waals surface area contributed by atoms with E-state index in [-0.39, 0.29) is 11.7 Å². The lowest BCUT2D eigenvalue weighted by Crippen LogP contribution is -2.45. The normalized spacial score (nSPS) is 25.8. The molecule has 1 N–H and O–H groups in total. The third-order valence-corrected chi connectivity index (χ3v) is 10.1. The van der Waals surface area contributed by atoms with E-state index in [1.807, 2.05) is 0 Å². The van der Waals surface area contributed by atoms with Gasteiger partial charge >= 0.3 is 5.97 Å². The molecule has 202 valence electrons. The minimum atomic E-state index is -0.956. The molecular formula is C29H35N3O5S. The van der Waals surface area contributed by atoms with Crippen molar-refractivity contribution in [1.29, 1.82) is 0 Å². The molecule has 1 aromatic carbocycles. The van der Waals surface area contributed by atoms with Gasteiger partial charge in [0, 0.05) is 29.5 Å². The van der Waals surface area contributed by atoms with Crippen LogP contribution in [0.3, 0.4) is 0 Å². The van der Waals surface area contributed by atoms with E-state index < -0.39 is 5.97 Å². The zero-order chi connectivity index (χ0) is 25.8. The van der Waals surface area contributed by atoms with Crippen LogP contribution >= 0.6 is 11.3 Å². The van der Waals surface area contributed by atoms with Crippen LogP contribution in [0.2, 0.25) is 0 Å². The van der Waals surface area contributed by atoms with E-state index in [0.29, 0.717) is 36.3 Å². The number of aromatic carboxylic acids is 1. The van der Waals surface area contributed by atoms with E-state index >= 15 is 0 Å². The molecule has 8 nitrogen and oxygen atoms in total. The monoisotopic (exact) mass is 537 g/mol. The third-order valence-electron chi connectivity index (χ3n) is 9.08. The Morgan fingerprint density at radius 1 is 1.08 bits per heavy atom. The zero-order valence-corrected chi connectivity index (χ0v) is 22.7. The van der Waals surface area contributed by atoms with Gasteiger partial charge in [-0.3, -0.25) is 0 Å². The molecule has 7 rings (SSSR count). The average molecular weight is 538 g/mol. The molecule has 3 aromatic rings. The van der Waals surface area contributed by atoms with Crippen LogP contribution in [0.4, 0.5) is 5.13 Å². The number of hydrogen-bond acceptors (Lipinski definition) is 8. The van der Waals surface area contributed by atoms with E-state index in [4.69, 9.17) is 19.0 Å². The molecule has 0 radical (unpaired) electrons. The van der Waals surface area contributed by atoms with E-state index in [1.54, 1.807) is 30.6 Å². The molecular weight excluding hydrogens is 502 g/mol. The molecule has 2 saturated carbocycles. The van der Waals surface area contributed by atoms with Crippen molar-refractivity contribution in [2.45, 2.75) is 107 Å². The van der Waals surface area contributed by atoms with Crippen LogP contribution in [0.5, 0.6) is 5.75 Å². The first kappa shape index (κ1) is 24.4. The molecule has 2 aliphatic heterocycles. The maximum absolute atomic E-state index is 11.6. The van der Waals surface area contributed by atoms with Crippen molar-refractivity contribution in [2.24, 2.45) is 0 Å². The summed E-state index contributed by atoms with van der Waals surface area (Å²) < 4.78 is 18.9. The Kier molecular flexibility index (Phi) is 6.31. The van der Waals surface area contributed by atoms with E-state index in [9.17, 15) is 9.90 Å². The molecule has 4 heterocycles. The number of piperidine rings is 1. The molecule has 2 atom stereocenters. The minimum Gasteiger partial charge on any atom is -0.494 e. The van der Waals surface area contributed by atoms with Crippen LogP contribution in [0.15, 0.2) is 16.7 Å². The quantitative estimate of drug-likeness (QED) is 0.342. The van der Waals surface area contributed by atoms with Crippen molar-refractivity contribution >= 4 is 32.7 Å². The van der Waals surface area contributed by atoms with Crippen LogP contribution in [0.1, 0.15) is 110 Å². The number of aromatic nitrogens is 2. The number of anilines is 1. The largest absolute Gasteiger partial charge is 0.494 e. The van der Waals surface area contributed by atoms with Gasteiger partial charge in [0.05, 0.1) is 35.8 Å². The van der Waals surface area contributed by atoms with Crippen molar-refractivity contribution in [2.75, 3.05) is 12.0 Å². The first-order valence-electron chi connectivity index (χ1n) is 14.2. The fourth-order valence-corrected chi connectivity index (χ4v) is 8.16. The maximum atomic E-state index is 11.6. The highest BCUT2D eigenvalue weighted by molar-refractivity contribution is 7.22. The lowest BCUT2D eigenvalue weighted by atomic mass is 9.85. The average Bonchev–Trinajstić information content (AvgIpc) is 3.44. The van der Waals surface area contributed by atoms with Crippen molar-refractivity contribution in [3.63, 3.8) is 0 Å². The number of benzene rings is 1. The fourth-order valence-electron chi connectivity index (χ4n) is 7.00. The summed E-state index contributed by atoms with van der Waals surface area (Å²) in [4.78, 5) is 19.0. The van der Waals surface area contributed by atoms with Gasteiger partial charge in [-0.1, -0.05) is 35.8 Å². The van der Waals surface area contributed by atoms with Gasteiger partial charge in [-0.25, -0.2) is 9.78 Å². The van der Waals surface area contributed by atoms with Crippen molar-refractivity contribution in [3.8, 4) is 5.75 Å². The van der Waals surface area contributed by atoms with Crippen LogP contribution in [-0.2, 0) is 11.3 Å². The van der Waals surface area contributed by atoms with Crippen LogP contribution < -0.4 is 9.64 Å². The minimum absolute atomic E-state index is 0.215. The Morgan fingerprint density at radius 3 is 2.53 bits per heavy atom. The summed E-state index contributed by atoms with van der Waals surface area (Å²) in [6.45, 7) is 0.613. The number of hydrogen-bond donors (Lipinski definition) is 1. The molecule has 2 unspecified atom stereocenters. The van der Waals surface area contributed by atoms with Gasteiger partial charge in [-0.2, -0.15) is 0 Å². The van der Waals surface area contributed by atoms with Crippen LogP contribution in [-0.4, -0.2) is 46.5 Å². The number of carboxylic acid groups (broad SMARTS) is 1. The Labute approximate surface area is 226 Å². The van der Waals surface area contributed by atoms with E-state index in [1.165, 1.54) is 56.2 Å². The zero-order valence-electron chi connectivity index (χ0n) is 21.9. The van der Waals surface area contributed by atoms with Gasteiger partial charge in [-0.15, -0.1) is 0 Å². The third kappa shape index (κ3) is 4.37. The highest BCUT2D eigenvalue weighted by Gasteiger charge is 2.43. The predicted octanol–water partition coefficient (Wildman–Crippen LogP) is 6.63. The van der Waals surface area contributed by atoms with Gasteiger partial charge in [0.25, 0.3) is 0 Å². The molecule has 2 bridgehead atoms. The molecule has 2 aromatic heterocycles. The summed E-state index contributed by atoms with van der Waals surface area (Å²) in [5.74, 6) is 1.71. The molecule has 0 amide bonds. The van der Waals surface area contributed by atoms with Crippen molar-refractivity contribution in [3.05, 3.63) is 34.7 Å². The van der Waals surface area contributed by atoms with Crippen LogP contribution in [0, 0.1) is 0 Å². The summed E-state index contributed by atoms with van der Waals surface area (Å²) in [6.07, 6.45) is 13.2. The smallest absolute Gasteiger partial charge is 0.335 e. The molecule has 0 spiro atoms. The number of methoxy groups -OCH3 is 1. The molecule has 2 saturated heterocycles. The number of fused-ring (bicyclic) bond motifs is 3. The Bertz CT molecular complexity index is 1330. The lowest BCUT2D eigenvalue weighted by molar-refractivity contribution is 0.0141. The summed E-state index contributed by atoms with van der Waals surface area (Å²) in [5, 5.41) is 15.1. The number of thiazole rings is 1. The Morgan fingerprint density at radius 2 is 1.84 bits per heavy atom. The molecule has 9 heteroatoms. The second kappa shape index (κ2) is 9.83. The molecule has 4 aliphatic rings. The second-order valence-corrected chi connectivity index (χ2v) is 12.6. The number of ether oxygens (including phenoxy) is 2. The summed E-state index contributed by atoms with van der Waals surface area (Å²) in [7, 11) is 1.57. The molecule has 2 aliphatic carbocycles. The molecule has 4 fully saturated rings. The van der Waals surface area contributed by atoms with E-state index in [0.717, 1.165) is 46.8 Å². The van der Waals surface area contributed by atoms with Gasteiger partial charge < -0.3 is 24.0 Å². The van der Waals surface area contributed by atoms with Crippen molar-refractivity contribution < 1.29 is 23.9 Å². The van der Waals surface area contributed by atoms with Gasteiger partial charge in [0.2, 0.25) is 0 Å². The highest BCUT2D eigenvalue weighted by Crippen LogP contribution is 2.47. The van der Waals surface area contributed by atoms with Gasteiger partial charge in [-0.05, 0) is 63.5 Å². The first-order chi connectivity index (χ1) is 18.6. The fraction of sp³-hybridized carbons (Fsp3) is 0.621. The number of nitrogens with zero attached hydrogens (tertiary/aromatic N) is 3. The SMILES string of the molecule is COc1cc(C(=O)O)cc2sc(N3C4CCC3CC(OCc3c(C5CCCCC5)noc3C3CC3)C4)nc12. The topological polar surface area (TPSA) is 97.9 Å². The number of carbonyl (C=O) groups is 1. The Balaban J connectivity index is 1.08. The second-order valence-electron chi connectivity index (χ2n) is 11.5. The Hall–Kier alpha value is -2.65. The van der Waals surface area contributed by atoms with Gasteiger partial charge in [0.1, 0.15) is 17.0 Å². The summed E-state index contributed by atoms with van der Waals surface area (Å²) in [5.41, 5.74) is 3.40. The number of carboxylic acids is 1. The first-order valence-corrected chi connectivity index (χ1v) is 15.0. The lowest BCUT2D eigenvalue weighted by Gasteiger charge is -2.38. The maximum Gasteiger partial charge on any atom is 0.335 e. The summed E-state index contributed by atoms with van der Waals surface area (Å²) >= 11 is 1.56.